The van der Waals surface area contributed by atoms with Gasteiger partial charge in [0.25, 0.3) is 0 Å². The number of anilines is 2. The Morgan fingerprint density at radius 1 is 1.14 bits per heavy atom. The number of benzene rings is 2. The molecule has 7 heteroatoms. The highest BCUT2D eigenvalue weighted by atomic mass is 16.3. The van der Waals surface area contributed by atoms with Crippen molar-refractivity contribution < 1.29 is 10.2 Å². The summed E-state index contributed by atoms with van der Waals surface area (Å²) in [6, 6.07) is 13.2. The van der Waals surface area contributed by atoms with Gasteiger partial charge in [0, 0.05) is 30.4 Å². The van der Waals surface area contributed by atoms with Crippen molar-refractivity contribution in [1.82, 2.24) is 10.2 Å². The van der Waals surface area contributed by atoms with Crippen LogP contribution >= 0.6 is 0 Å². The van der Waals surface area contributed by atoms with Crippen molar-refractivity contribution in [2.45, 2.75) is 32.4 Å². The fourth-order valence-electron chi connectivity index (χ4n) is 3.66. The van der Waals surface area contributed by atoms with Gasteiger partial charge in [-0.25, -0.2) is 0 Å². The lowest BCUT2D eigenvalue weighted by atomic mass is 10.1. The van der Waals surface area contributed by atoms with Crippen LogP contribution in [0.25, 0.3) is 10.8 Å². The summed E-state index contributed by atoms with van der Waals surface area (Å²) in [5.74, 6) is 1.67. The summed E-state index contributed by atoms with van der Waals surface area (Å²) in [5.41, 5.74) is 2.39. The molecule has 0 unspecified atom stereocenters. The summed E-state index contributed by atoms with van der Waals surface area (Å²) in [6.07, 6.45) is 1.16. The third-order valence-electron chi connectivity index (χ3n) is 5.37. The minimum absolute atomic E-state index is 0.259. The Morgan fingerprint density at radius 3 is 2.66 bits per heavy atom. The molecule has 2 heterocycles. The summed E-state index contributed by atoms with van der Waals surface area (Å²) in [4.78, 5) is 2.14. The third-order valence-corrected chi connectivity index (χ3v) is 5.37. The molecule has 1 aliphatic heterocycles. The summed E-state index contributed by atoms with van der Waals surface area (Å²) in [7, 11) is 0. The first kappa shape index (κ1) is 19.0. The molecule has 1 fully saturated rings. The van der Waals surface area contributed by atoms with E-state index < -0.39 is 0 Å². The number of aromatic hydroxyl groups is 1. The lowest BCUT2D eigenvalue weighted by Crippen LogP contribution is -2.36. The van der Waals surface area contributed by atoms with E-state index in [1.54, 1.807) is 12.1 Å². The number of hydrogen-bond acceptors (Lipinski definition) is 7. The van der Waals surface area contributed by atoms with Crippen LogP contribution in [0.2, 0.25) is 0 Å². The fraction of sp³-hybridized carbons (Fsp3) is 0.318. The van der Waals surface area contributed by atoms with Gasteiger partial charge in [-0.15, -0.1) is 10.2 Å². The lowest BCUT2D eigenvalue weighted by molar-refractivity contribution is 0.145. The topological polar surface area (TPSA) is 105 Å². The van der Waals surface area contributed by atoms with Crippen LogP contribution in [-0.2, 0) is 6.54 Å². The van der Waals surface area contributed by atoms with E-state index in [1.807, 2.05) is 31.2 Å². The van der Waals surface area contributed by atoms with Crippen LogP contribution in [0.5, 0.6) is 5.75 Å². The molecule has 1 aromatic heterocycles. The Labute approximate surface area is 169 Å². The zero-order chi connectivity index (χ0) is 20.4. The number of nitriles is 1. The predicted molar refractivity (Wildman–Crippen MR) is 112 cm³/mol. The number of hydrogen-bond donors (Lipinski definition) is 3. The average Bonchev–Trinajstić information content (AvgIpc) is 2.74. The number of fused-ring (bicyclic) bond motifs is 1. The normalized spacial score (nSPS) is 14.7. The third kappa shape index (κ3) is 3.93. The van der Waals surface area contributed by atoms with E-state index in [4.69, 9.17) is 0 Å². The summed E-state index contributed by atoms with van der Waals surface area (Å²) >= 11 is 0. The Bertz CT molecular complexity index is 1080. The number of nitrogens with one attached hydrogen (secondary N) is 1. The van der Waals surface area contributed by atoms with Crippen molar-refractivity contribution in [3.8, 4) is 11.8 Å². The smallest absolute Gasteiger partial charge is 0.159 e. The predicted octanol–water partition coefficient (Wildman–Crippen LogP) is 3.09. The van der Waals surface area contributed by atoms with Crippen molar-refractivity contribution in [1.29, 1.82) is 5.26 Å². The van der Waals surface area contributed by atoms with Crippen LogP contribution in [0.15, 0.2) is 36.4 Å². The molecule has 0 saturated carbocycles. The molecule has 1 saturated heterocycles. The van der Waals surface area contributed by atoms with E-state index in [1.165, 1.54) is 0 Å². The lowest BCUT2D eigenvalue weighted by Gasteiger charge is -2.31. The molecule has 3 aromatic rings. The second kappa shape index (κ2) is 7.94. The van der Waals surface area contributed by atoms with Gasteiger partial charge in [0.2, 0.25) is 0 Å². The zero-order valence-electron chi connectivity index (χ0n) is 16.3. The number of aliphatic hydroxyl groups is 1. The van der Waals surface area contributed by atoms with E-state index in [0.717, 1.165) is 40.8 Å². The Balaban J connectivity index is 1.67. The number of aromatic nitrogens is 2. The molecule has 1 aliphatic rings. The first-order valence-electron chi connectivity index (χ1n) is 9.71. The quantitative estimate of drug-likeness (QED) is 0.630. The molecule has 7 nitrogen and oxygen atoms in total. The highest BCUT2D eigenvalue weighted by molar-refractivity contribution is 5.99. The molecular formula is C22H23N5O2. The average molecular weight is 389 g/mol. The van der Waals surface area contributed by atoms with Gasteiger partial charge in [-0.2, -0.15) is 5.26 Å². The number of rotatable bonds is 4. The molecule has 0 bridgehead atoms. The molecule has 29 heavy (non-hydrogen) atoms. The standard InChI is InChI=1S/C22H23N5O2/c1-14-10-16(3-5-20(14)29)13-24-21-19-11-15(12-23)2-4-18(19)22(26-25-21)27-8-6-17(28)7-9-27/h2-5,10-11,17,28-29H,6-9,13H2,1H3,(H,24,25). The highest BCUT2D eigenvalue weighted by Gasteiger charge is 2.21. The van der Waals surface area contributed by atoms with Crippen LogP contribution in [0.1, 0.15) is 29.5 Å². The van der Waals surface area contributed by atoms with Gasteiger partial charge in [0.1, 0.15) is 5.75 Å². The maximum absolute atomic E-state index is 9.79. The second-order valence-electron chi connectivity index (χ2n) is 7.44. The van der Waals surface area contributed by atoms with Crippen molar-refractivity contribution in [2.75, 3.05) is 23.3 Å². The van der Waals surface area contributed by atoms with E-state index in [2.05, 4.69) is 26.5 Å². The van der Waals surface area contributed by atoms with Gasteiger partial charge in [-0.3, -0.25) is 0 Å². The van der Waals surface area contributed by atoms with E-state index >= 15 is 0 Å². The van der Waals surface area contributed by atoms with Gasteiger partial charge < -0.3 is 20.4 Å². The Hall–Kier alpha value is -3.37. The van der Waals surface area contributed by atoms with Gasteiger partial charge >= 0.3 is 0 Å². The first-order chi connectivity index (χ1) is 14.0. The largest absolute Gasteiger partial charge is 0.508 e. The van der Waals surface area contributed by atoms with Crippen molar-refractivity contribution in [2.24, 2.45) is 0 Å². The number of piperidine rings is 1. The number of nitrogens with zero attached hydrogens (tertiary/aromatic N) is 4. The molecular weight excluding hydrogens is 366 g/mol. The van der Waals surface area contributed by atoms with E-state index in [-0.39, 0.29) is 11.9 Å². The van der Waals surface area contributed by atoms with Crippen molar-refractivity contribution in [3.63, 3.8) is 0 Å². The van der Waals surface area contributed by atoms with Crippen LogP contribution in [-0.4, -0.2) is 39.6 Å². The maximum atomic E-state index is 9.79. The minimum atomic E-state index is -0.259. The minimum Gasteiger partial charge on any atom is -0.508 e. The second-order valence-corrected chi connectivity index (χ2v) is 7.44. The molecule has 2 aromatic carbocycles. The van der Waals surface area contributed by atoms with Gasteiger partial charge in [-0.05, 0) is 55.2 Å². The van der Waals surface area contributed by atoms with E-state index in [0.29, 0.717) is 30.8 Å². The first-order valence-corrected chi connectivity index (χ1v) is 9.71. The summed E-state index contributed by atoms with van der Waals surface area (Å²) in [5, 5.41) is 42.8. The molecule has 3 N–H and O–H groups in total. The highest BCUT2D eigenvalue weighted by Crippen LogP contribution is 2.31. The maximum Gasteiger partial charge on any atom is 0.159 e. The van der Waals surface area contributed by atoms with Gasteiger partial charge in [-0.1, -0.05) is 12.1 Å². The molecule has 4 rings (SSSR count). The van der Waals surface area contributed by atoms with Gasteiger partial charge in [0.05, 0.1) is 17.7 Å². The molecule has 0 aliphatic carbocycles. The van der Waals surface area contributed by atoms with Crippen LogP contribution in [0, 0.1) is 18.3 Å². The van der Waals surface area contributed by atoms with Crippen molar-refractivity contribution in [3.05, 3.63) is 53.1 Å². The number of phenolic OH excluding ortho intramolecular Hbond substituents is 1. The molecule has 148 valence electrons. The van der Waals surface area contributed by atoms with Crippen LogP contribution < -0.4 is 10.2 Å². The van der Waals surface area contributed by atoms with Crippen molar-refractivity contribution >= 4 is 22.4 Å². The molecule has 0 radical (unpaired) electrons. The Kier molecular flexibility index (Phi) is 5.19. The SMILES string of the molecule is Cc1cc(CNc2nnc(N3CCC(O)CC3)c3ccc(C#N)cc23)ccc1O. The number of aliphatic hydroxyl groups excluding tert-OH is 1. The number of aryl methyl sites for hydroxylation is 1. The van der Waals surface area contributed by atoms with Gasteiger partial charge in [0.15, 0.2) is 11.6 Å². The summed E-state index contributed by atoms with van der Waals surface area (Å²) < 4.78 is 0. The van der Waals surface area contributed by atoms with Crippen LogP contribution in [0.4, 0.5) is 11.6 Å². The fourth-order valence-corrected chi connectivity index (χ4v) is 3.66. The van der Waals surface area contributed by atoms with E-state index in [9.17, 15) is 15.5 Å². The molecule has 0 spiro atoms. The Morgan fingerprint density at radius 2 is 1.93 bits per heavy atom. The monoisotopic (exact) mass is 389 g/mol. The molecule has 0 amide bonds. The zero-order valence-corrected chi connectivity index (χ0v) is 16.3. The number of phenols is 1. The molecule has 0 atom stereocenters. The van der Waals surface area contributed by atoms with Crippen LogP contribution in [0.3, 0.4) is 0 Å². The summed E-state index contributed by atoms with van der Waals surface area (Å²) in [6.45, 7) is 3.84.